The third-order valence-electron chi connectivity index (χ3n) is 2.86. The Balaban J connectivity index is 2.22. The van der Waals surface area contributed by atoms with Gasteiger partial charge in [-0.05, 0) is 39.0 Å². The molecule has 1 N–H and O–H groups in total. The minimum Gasteiger partial charge on any atom is -0.444 e. The third-order valence-corrected chi connectivity index (χ3v) is 3.97. The van der Waals surface area contributed by atoms with Crippen LogP contribution in [0.5, 0.6) is 0 Å². The van der Waals surface area contributed by atoms with E-state index in [4.69, 9.17) is 4.42 Å². The molecule has 0 spiro atoms. The summed E-state index contributed by atoms with van der Waals surface area (Å²) >= 11 is 0. The quantitative estimate of drug-likeness (QED) is 0.940. The Kier molecular flexibility index (Phi) is 4.20. The first-order valence-corrected chi connectivity index (χ1v) is 8.54. The number of sulfone groups is 1. The van der Waals surface area contributed by atoms with Crippen molar-refractivity contribution in [3.63, 3.8) is 0 Å². The SMILES string of the molecule is CC(C)(C)NCc1coc(-c2cccc(S(C)(=O)=O)c2)n1. The molecule has 114 valence electrons. The van der Waals surface area contributed by atoms with Crippen LogP contribution in [0.1, 0.15) is 26.5 Å². The number of benzene rings is 1. The van der Waals surface area contributed by atoms with Gasteiger partial charge in [-0.1, -0.05) is 6.07 Å². The van der Waals surface area contributed by atoms with E-state index < -0.39 is 9.84 Å². The van der Waals surface area contributed by atoms with Gasteiger partial charge in [0.2, 0.25) is 5.89 Å². The van der Waals surface area contributed by atoms with Gasteiger partial charge in [-0.2, -0.15) is 0 Å². The van der Waals surface area contributed by atoms with Crippen LogP contribution in [0.3, 0.4) is 0 Å². The van der Waals surface area contributed by atoms with Crippen molar-refractivity contribution >= 4 is 9.84 Å². The number of hydrogen-bond donors (Lipinski definition) is 1. The molecule has 2 rings (SSSR count). The molecule has 0 aliphatic heterocycles. The second-order valence-electron chi connectivity index (χ2n) is 6.05. The van der Waals surface area contributed by atoms with Crippen molar-refractivity contribution in [3.8, 4) is 11.5 Å². The third kappa shape index (κ3) is 4.41. The lowest BCUT2D eigenvalue weighted by atomic mass is 10.1. The molecule has 0 radical (unpaired) electrons. The van der Waals surface area contributed by atoms with Crippen molar-refractivity contribution in [1.82, 2.24) is 10.3 Å². The van der Waals surface area contributed by atoms with Crippen LogP contribution >= 0.6 is 0 Å². The summed E-state index contributed by atoms with van der Waals surface area (Å²) in [6, 6.07) is 6.59. The second-order valence-corrected chi connectivity index (χ2v) is 8.06. The monoisotopic (exact) mass is 308 g/mol. The lowest BCUT2D eigenvalue weighted by molar-refractivity contribution is 0.421. The van der Waals surface area contributed by atoms with Gasteiger partial charge in [0, 0.05) is 23.9 Å². The fourth-order valence-electron chi connectivity index (χ4n) is 1.74. The predicted molar refractivity (Wildman–Crippen MR) is 81.6 cm³/mol. The minimum absolute atomic E-state index is 0.00464. The molecule has 0 atom stereocenters. The summed E-state index contributed by atoms with van der Waals surface area (Å²) in [5.41, 5.74) is 1.43. The van der Waals surface area contributed by atoms with Gasteiger partial charge in [0.25, 0.3) is 0 Å². The maximum Gasteiger partial charge on any atom is 0.226 e. The summed E-state index contributed by atoms with van der Waals surface area (Å²) in [4.78, 5) is 4.64. The standard InChI is InChI=1S/C15H20N2O3S/c1-15(2,3)16-9-12-10-20-14(17-12)11-6-5-7-13(8-11)21(4,18)19/h5-8,10,16H,9H2,1-4H3. The van der Waals surface area contributed by atoms with Crippen LogP contribution in [0.15, 0.2) is 39.8 Å². The molecule has 0 fully saturated rings. The van der Waals surface area contributed by atoms with Crippen LogP contribution in [0.4, 0.5) is 0 Å². The molecule has 2 aromatic rings. The van der Waals surface area contributed by atoms with E-state index in [0.29, 0.717) is 18.0 Å². The van der Waals surface area contributed by atoms with E-state index in [9.17, 15) is 8.42 Å². The van der Waals surface area contributed by atoms with E-state index in [2.05, 4.69) is 31.1 Å². The van der Waals surface area contributed by atoms with Crippen LogP contribution in [0.2, 0.25) is 0 Å². The van der Waals surface area contributed by atoms with Gasteiger partial charge < -0.3 is 9.73 Å². The molecule has 1 aromatic heterocycles. The number of nitrogens with zero attached hydrogens (tertiary/aromatic N) is 1. The largest absolute Gasteiger partial charge is 0.444 e. The molecule has 0 unspecified atom stereocenters. The first-order chi connectivity index (χ1) is 9.65. The summed E-state index contributed by atoms with van der Waals surface area (Å²) in [6.07, 6.45) is 2.77. The van der Waals surface area contributed by atoms with Gasteiger partial charge in [-0.25, -0.2) is 13.4 Å². The van der Waals surface area contributed by atoms with Crippen LogP contribution in [0, 0.1) is 0 Å². The number of nitrogens with one attached hydrogen (secondary N) is 1. The lowest BCUT2D eigenvalue weighted by Crippen LogP contribution is -2.35. The first-order valence-electron chi connectivity index (χ1n) is 6.65. The maximum absolute atomic E-state index is 11.6. The van der Waals surface area contributed by atoms with Crippen molar-refractivity contribution < 1.29 is 12.8 Å². The van der Waals surface area contributed by atoms with Gasteiger partial charge in [-0.15, -0.1) is 0 Å². The molecule has 0 aliphatic rings. The van der Waals surface area contributed by atoms with Gasteiger partial charge in [-0.3, -0.25) is 0 Å². The molecule has 1 heterocycles. The molecule has 0 saturated carbocycles. The molecular formula is C15H20N2O3S. The molecule has 5 nitrogen and oxygen atoms in total. The average Bonchev–Trinajstić information content (AvgIpc) is 2.83. The molecule has 6 heteroatoms. The van der Waals surface area contributed by atoms with Crippen LogP contribution in [-0.2, 0) is 16.4 Å². The smallest absolute Gasteiger partial charge is 0.226 e. The number of aromatic nitrogens is 1. The predicted octanol–water partition coefficient (Wildman–Crippen LogP) is 2.63. The molecule has 0 aliphatic carbocycles. The minimum atomic E-state index is -3.24. The summed E-state index contributed by atoms with van der Waals surface area (Å²) in [5.74, 6) is 0.422. The molecular weight excluding hydrogens is 288 g/mol. The maximum atomic E-state index is 11.6. The first kappa shape index (κ1) is 15.7. The van der Waals surface area contributed by atoms with Crippen molar-refractivity contribution in [3.05, 3.63) is 36.2 Å². The highest BCUT2D eigenvalue weighted by Crippen LogP contribution is 2.22. The van der Waals surface area contributed by atoms with Gasteiger partial charge >= 0.3 is 0 Å². The average molecular weight is 308 g/mol. The van der Waals surface area contributed by atoms with Gasteiger partial charge in [0.1, 0.15) is 6.26 Å². The number of rotatable bonds is 4. The Labute approximate surface area is 125 Å². The van der Waals surface area contributed by atoms with E-state index >= 15 is 0 Å². The van der Waals surface area contributed by atoms with Crippen molar-refractivity contribution in [2.45, 2.75) is 37.8 Å². The van der Waals surface area contributed by atoms with Gasteiger partial charge in [0.15, 0.2) is 9.84 Å². The molecule has 0 saturated heterocycles. The summed E-state index contributed by atoms with van der Waals surface area (Å²) in [7, 11) is -3.24. The van der Waals surface area contributed by atoms with E-state index in [1.807, 2.05) is 0 Å². The fraction of sp³-hybridized carbons (Fsp3) is 0.400. The zero-order valence-corrected chi connectivity index (χ0v) is 13.5. The van der Waals surface area contributed by atoms with Crippen LogP contribution in [-0.4, -0.2) is 25.2 Å². The normalized spacial score (nSPS) is 12.6. The van der Waals surface area contributed by atoms with Crippen LogP contribution < -0.4 is 5.32 Å². The number of hydrogen-bond acceptors (Lipinski definition) is 5. The summed E-state index contributed by atoms with van der Waals surface area (Å²) in [5, 5.41) is 3.32. The molecule has 1 aromatic carbocycles. The van der Waals surface area contributed by atoms with Gasteiger partial charge in [0.05, 0.1) is 10.6 Å². The second kappa shape index (κ2) is 5.61. The van der Waals surface area contributed by atoms with Crippen molar-refractivity contribution in [1.29, 1.82) is 0 Å². The molecule has 0 amide bonds. The molecule has 0 bridgehead atoms. The Morgan fingerprint density at radius 1 is 1.29 bits per heavy atom. The zero-order chi connectivity index (χ0) is 15.7. The van der Waals surface area contributed by atoms with Crippen molar-refractivity contribution in [2.75, 3.05) is 6.26 Å². The zero-order valence-electron chi connectivity index (χ0n) is 12.7. The van der Waals surface area contributed by atoms with E-state index in [-0.39, 0.29) is 10.4 Å². The Hall–Kier alpha value is -1.66. The Morgan fingerprint density at radius 3 is 2.62 bits per heavy atom. The van der Waals surface area contributed by atoms with E-state index in [0.717, 1.165) is 5.69 Å². The highest BCUT2D eigenvalue weighted by molar-refractivity contribution is 7.90. The van der Waals surface area contributed by atoms with Crippen LogP contribution in [0.25, 0.3) is 11.5 Å². The Morgan fingerprint density at radius 2 is 2.00 bits per heavy atom. The molecule has 21 heavy (non-hydrogen) atoms. The van der Waals surface area contributed by atoms with E-state index in [1.54, 1.807) is 30.5 Å². The lowest BCUT2D eigenvalue weighted by Gasteiger charge is -2.19. The highest BCUT2D eigenvalue weighted by Gasteiger charge is 2.13. The van der Waals surface area contributed by atoms with E-state index in [1.165, 1.54) is 6.26 Å². The highest BCUT2D eigenvalue weighted by atomic mass is 32.2. The van der Waals surface area contributed by atoms with Crippen molar-refractivity contribution in [2.24, 2.45) is 0 Å². The Bertz CT molecular complexity index is 727. The summed E-state index contributed by atoms with van der Waals surface area (Å²) in [6.45, 7) is 6.81. The topological polar surface area (TPSA) is 72.2 Å². The number of oxazole rings is 1. The fourth-order valence-corrected chi connectivity index (χ4v) is 2.40. The summed E-state index contributed by atoms with van der Waals surface area (Å²) < 4.78 is 28.6.